The average molecular weight is 522 g/mol. The van der Waals surface area contributed by atoms with Gasteiger partial charge in [0.1, 0.15) is 0 Å². The van der Waals surface area contributed by atoms with Crippen molar-refractivity contribution in [3.05, 3.63) is 35.9 Å². The zero-order valence-electron chi connectivity index (χ0n) is 17.0. The molecular formula is C21H36IN3O2S. The zero-order chi connectivity index (χ0) is 19.2. The van der Waals surface area contributed by atoms with E-state index in [0.29, 0.717) is 37.3 Å². The molecule has 0 saturated heterocycles. The van der Waals surface area contributed by atoms with E-state index in [1.807, 2.05) is 37.3 Å². The Morgan fingerprint density at radius 2 is 1.86 bits per heavy atom. The van der Waals surface area contributed by atoms with Crippen LogP contribution in [0.2, 0.25) is 0 Å². The van der Waals surface area contributed by atoms with Crippen LogP contribution in [0.5, 0.6) is 0 Å². The lowest BCUT2D eigenvalue weighted by molar-refractivity contribution is 0.0487. The second-order valence-corrected chi connectivity index (χ2v) is 8.52. The van der Waals surface area contributed by atoms with E-state index in [-0.39, 0.29) is 24.0 Å². The van der Waals surface area contributed by atoms with Gasteiger partial charge in [-0.05, 0) is 25.3 Å². The second-order valence-electron chi connectivity index (χ2n) is 6.95. The van der Waals surface area contributed by atoms with E-state index in [1.54, 1.807) is 0 Å². The lowest BCUT2D eigenvalue weighted by Crippen LogP contribution is -2.39. The number of rotatable bonds is 10. The van der Waals surface area contributed by atoms with Crippen molar-refractivity contribution in [1.82, 2.24) is 10.6 Å². The quantitative estimate of drug-likeness (QED) is 0.162. The predicted octanol–water partition coefficient (Wildman–Crippen LogP) is 3.85. The molecule has 2 rings (SSSR count). The minimum absolute atomic E-state index is 0. The average Bonchev–Trinajstić information content (AvgIpc) is 2.95. The van der Waals surface area contributed by atoms with Crippen LogP contribution in [0.3, 0.4) is 0 Å². The van der Waals surface area contributed by atoms with Gasteiger partial charge in [0, 0.05) is 35.4 Å². The molecule has 1 fully saturated rings. The third-order valence-corrected chi connectivity index (χ3v) is 5.97. The molecule has 28 heavy (non-hydrogen) atoms. The first kappa shape index (κ1) is 25.4. The summed E-state index contributed by atoms with van der Waals surface area (Å²) >= 11 is 0. The van der Waals surface area contributed by atoms with Gasteiger partial charge in [-0.25, -0.2) is 0 Å². The molecule has 5 nitrogen and oxygen atoms in total. The van der Waals surface area contributed by atoms with Crippen molar-refractivity contribution >= 4 is 40.7 Å². The Hall–Kier alpha value is -0.670. The van der Waals surface area contributed by atoms with E-state index in [4.69, 9.17) is 4.74 Å². The molecule has 0 heterocycles. The Kier molecular flexibility index (Phi) is 14.6. The molecule has 7 heteroatoms. The minimum Gasteiger partial charge on any atom is -0.376 e. The lowest BCUT2D eigenvalue weighted by Gasteiger charge is -2.15. The van der Waals surface area contributed by atoms with E-state index in [0.717, 1.165) is 18.1 Å². The first-order valence-corrected chi connectivity index (χ1v) is 11.8. The first-order chi connectivity index (χ1) is 13.3. The van der Waals surface area contributed by atoms with Crippen molar-refractivity contribution in [2.75, 3.05) is 32.0 Å². The number of nitrogens with one attached hydrogen (secondary N) is 2. The van der Waals surface area contributed by atoms with Gasteiger partial charge in [-0.1, -0.05) is 56.0 Å². The summed E-state index contributed by atoms with van der Waals surface area (Å²) < 4.78 is 18.2. The smallest absolute Gasteiger partial charge is 0.191 e. The molecule has 1 aliphatic carbocycles. The van der Waals surface area contributed by atoms with Crippen molar-refractivity contribution in [2.45, 2.75) is 57.3 Å². The molecular weight excluding hydrogens is 485 g/mol. The monoisotopic (exact) mass is 521 g/mol. The summed E-state index contributed by atoms with van der Waals surface area (Å²) in [6.07, 6.45) is 8.07. The summed E-state index contributed by atoms with van der Waals surface area (Å²) in [5.74, 6) is 1.99. The van der Waals surface area contributed by atoms with Crippen molar-refractivity contribution in [1.29, 1.82) is 0 Å². The molecule has 0 aliphatic heterocycles. The van der Waals surface area contributed by atoms with Gasteiger partial charge in [0.2, 0.25) is 0 Å². The summed E-state index contributed by atoms with van der Waals surface area (Å²) in [5.41, 5.74) is 1.12. The highest BCUT2D eigenvalue weighted by Crippen LogP contribution is 2.19. The molecule has 0 radical (unpaired) electrons. The Bertz CT molecular complexity index is 564. The van der Waals surface area contributed by atoms with Crippen LogP contribution >= 0.6 is 24.0 Å². The second kappa shape index (κ2) is 16.2. The van der Waals surface area contributed by atoms with Crippen molar-refractivity contribution < 1.29 is 8.95 Å². The molecule has 1 aliphatic rings. The van der Waals surface area contributed by atoms with Crippen LogP contribution < -0.4 is 10.6 Å². The fourth-order valence-electron chi connectivity index (χ4n) is 3.24. The number of hydrogen-bond donors (Lipinski definition) is 2. The number of guanidine groups is 1. The highest BCUT2D eigenvalue weighted by Gasteiger charge is 2.12. The number of nitrogens with zero attached hydrogens (tertiary/aromatic N) is 1. The number of ether oxygens (including phenoxy) is 1. The van der Waals surface area contributed by atoms with Gasteiger partial charge in [-0.3, -0.25) is 9.20 Å². The minimum atomic E-state index is -0.874. The van der Waals surface area contributed by atoms with Gasteiger partial charge in [0.25, 0.3) is 0 Å². The van der Waals surface area contributed by atoms with Gasteiger partial charge in [0.05, 0.1) is 19.3 Å². The molecule has 1 atom stereocenters. The molecule has 1 aromatic rings. The number of benzene rings is 1. The lowest BCUT2D eigenvalue weighted by atomic mass is 10.1. The van der Waals surface area contributed by atoms with E-state index < -0.39 is 10.8 Å². The van der Waals surface area contributed by atoms with Crippen LogP contribution in [-0.2, 0) is 21.3 Å². The third kappa shape index (κ3) is 11.4. The summed E-state index contributed by atoms with van der Waals surface area (Å²) in [5, 5.41) is 6.51. The number of aliphatic imine (C=N–C) groups is 1. The SMILES string of the molecule is CCNC(=NCCOC1CCCCCC1)NCCS(=O)Cc1ccccc1.I. The standard InChI is InChI=1S/C21H35N3O2S.HI/c1-2-22-21(23-14-16-26-20-12-8-3-4-9-13-20)24-15-17-27(25)18-19-10-6-5-7-11-19;/h5-7,10-11,20H,2-4,8-9,12-18H2,1H3,(H2,22,23,24);1H. The highest BCUT2D eigenvalue weighted by atomic mass is 127. The third-order valence-electron chi connectivity index (χ3n) is 4.65. The highest BCUT2D eigenvalue weighted by molar-refractivity contribution is 14.0. The van der Waals surface area contributed by atoms with Gasteiger partial charge >= 0.3 is 0 Å². The molecule has 160 valence electrons. The summed E-state index contributed by atoms with van der Waals surface area (Å²) in [7, 11) is -0.874. The molecule has 0 aromatic heterocycles. The molecule has 0 amide bonds. The van der Waals surface area contributed by atoms with Gasteiger partial charge in [-0.15, -0.1) is 24.0 Å². The first-order valence-electron chi connectivity index (χ1n) is 10.3. The predicted molar refractivity (Wildman–Crippen MR) is 130 cm³/mol. The molecule has 0 bridgehead atoms. The maximum atomic E-state index is 12.2. The molecule has 1 unspecified atom stereocenters. The summed E-state index contributed by atoms with van der Waals surface area (Å²) in [6.45, 7) is 4.82. The van der Waals surface area contributed by atoms with Crippen LogP contribution in [0.25, 0.3) is 0 Å². The van der Waals surface area contributed by atoms with Crippen molar-refractivity contribution in [3.8, 4) is 0 Å². The maximum Gasteiger partial charge on any atom is 0.191 e. The van der Waals surface area contributed by atoms with Crippen LogP contribution in [0.15, 0.2) is 35.3 Å². The van der Waals surface area contributed by atoms with Gasteiger partial charge < -0.3 is 15.4 Å². The van der Waals surface area contributed by atoms with Gasteiger partial charge in [0.15, 0.2) is 5.96 Å². The summed E-state index contributed by atoms with van der Waals surface area (Å²) in [4.78, 5) is 4.57. The normalized spacial score (nSPS) is 16.7. The van der Waals surface area contributed by atoms with Crippen LogP contribution in [0.4, 0.5) is 0 Å². The number of hydrogen-bond acceptors (Lipinski definition) is 3. The fourth-order valence-corrected chi connectivity index (χ4v) is 4.28. The topological polar surface area (TPSA) is 62.7 Å². The Morgan fingerprint density at radius 3 is 2.54 bits per heavy atom. The Morgan fingerprint density at radius 1 is 1.14 bits per heavy atom. The van der Waals surface area contributed by atoms with E-state index in [1.165, 1.54) is 38.5 Å². The molecule has 1 aromatic carbocycles. The Labute approximate surface area is 190 Å². The van der Waals surface area contributed by atoms with E-state index in [9.17, 15) is 4.21 Å². The largest absolute Gasteiger partial charge is 0.376 e. The van der Waals surface area contributed by atoms with E-state index in [2.05, 4.69) is 15.6 Å². The van der Waals surface area contributed by atoms with Crippen molar-refractivity contribution in [3.63, 3.8) is 0 Å². The van der Waals surface area contributed by atoms with Crippen LogP contribution in [0, 0.1) is 0 Å². The maximum absolute atomic E-state index is 12.2. The Balaban J connectivity index is 0.00000392. The number of halogens is 1. The fraction of sp³-hybridized carbons (Fsp3) is 0.667. The van der Waals surface area contributed by atoms with Crippen molar-refractivity contribution in [2.24, 2.45) is 4.99 Å². The van der Waals surface area contributed by atoms with Gasteiger partial charge in [-0.2, -0.15) is 0 Å². The van der Waals surface area contributed by atoms with Crippen LogP contribution in [-0.4, -0.2) is 48.3 Å². The van der Waals surface area contributed by atoms with E-state index >= 15 is 0 Å². The van der Waals surface area contributed by atoms with Crippen LogP contribution in [0.1, 0.15) is 51.0 Å². The molecule has 0 spiro atoms. The molecule has 2 N–H and O–H groups in total. The summed E-state index contributed by atoms with van der Waals surface area (Å²) in [6, 6.07) is 9.98. The molecule has 1 saturated carbocycles. The zero-order valence-corrected chi connectivity index (χ0v) is 20.2.